The van der Waals surface area contributed by atoms with E-state index in [0.29, 0.717) is 13.1 Å². The summed E-state index contributed by atoms with van der Waals surface area (Å²) in [5.74, 6) is -0.400. The first-order valence-electron chi connectivity index (χ1n) is 6.57. The van der Waals surface area contributed by atoms with Crippen molar-refractivity contribution < 1.29 is 14.3 Å². The van der Waals surface area contributed by atoms with Crippen LogP contribution in [-0.2, 0) is 9.53 Å². The molecule has 0 aromatic rings. The first-order chi connectivity index (χ1) is 8.51. The first-order valence-corrected chi connectivity index (χ1v) is 6.57. The normalized spacial score (nSPS) is 20.5. The van der Waals surface area contributed by atoms with E-state index in [1.54, 1.807) is 18.7 Å². The van der Waals surface area contributed by atoms with Gasteiger partial charge in [-0.05, 0) is 41.0 Å². The van der Waals surface area contributed by atoms with Gasteiger partial charge in [-0.15, -0.1) is 0 Å². The molecular weight excluding hydrogens is 246 g/mol. The molecule has 0 bridgehead atoms. The van der Waals surface area contributed by atoms with E-state index >= 15 is 0 Å². The minimum Gasteiger partial charge on any atom is -0.444 e. The Kier molecular flexibility index (Phi) is 4.45. The summed E-state index contributed by atoms with van der Waals surface area (Å²) in [5.41, 5.74) is 4.06. The molecule has 1 atom stereocenters. The van der Waals surface area contributed by atoms with E-state index in [1.807, 2.05) is 20.8 Å². The molecule has 0 aromatic carbocycles. The van der Waals surface area contributed by atoms with Crippen molar-refractivity contribution in [2.45, 2.75) is 58.2 Å². The number of primary amides is 1. The number of carbonyl (C=O) groups is 2. The van der Waals surface area contributed by atoms with Gasteiger partial charge in [-0.3, -0.25) is 10.1 Å². The van der Waals surface area contributed by atoms with Crippen LogP contribution in [0.2, 0.25) is 0 Å². The quantitative estimate of drug-likeness (QED) is 0.797. The maximum atomic E-state index is 11.9. The molecule has 3 N–H and O–H groups in total. The van der Waals surface area contributed by atoms with Crippen LogP contribution in [0.1, 0.15) is 41.0 Å². The lowest BCUT2D eigenvalue weighted by Gasteiger charge is -2.27. The number of nitrogens with one attached hydrogen (secondary N) is 1. The zero-order valence-corrected chi connectivity index (χ0v) is 12.4. The monoisotopic (exact) mass is 271 g/mol. The molecule has 0 aliphatic carbocycles. The summed E-state index contributed by atoms with van der Waals surface area (Å²) >= 11 is 0. The Hall–Kier alpha value is -1.30. The number of hydrogen-bond donors (Lipinski definition) is 2. The van der Waals surface area contributed by atoms with Crippen LogP contribution in [0.4, 0.5) is 4.79 Å². The Balaban J connectivity index is 2.50. The van der Waals surface area contributed by atoms with Gasteiger partial charge >= 0.3 is 6.09 Å². The third-order valence-corrected chi connectivity index (χ3v) is 3.02. The lowest BCUT2D eigenvalue weighted by atomic mass is 10.0. The maximum Gasteiger partial charge on any atom is 0.410 e. The molecule has 0 aromatic heterocycles. The highest BCUT2D eigenvalue weighted by Gasteiger charge is 2.34. The second-order valence-electron chi connectivity index (χ2n) is 6.55. The number of likely N-dealkylation sites (tertiary alicyclic amines) is 1. The summed E-state index contributed by atoms with van der Waals surface area (Å²) in [6.07, 6.45) is 0.476. The highest BCUT2D eigenvalue weighted by Crippen LogP contribution is 2.17. The van der Waals surface area contributed by atoms with Crippen molar-refractivity contribution in [1.82, 2.24) is 10.2 Å². The van der Waals surface area contributed by atoms with Crippen LogP contribution < -0.4 is 11.1 Å². The Morgan fingerprint density at radius 2 is 1.84 bits per heavy atom. The largest absolute Gasteiger partial charge is 0.444 e. The SMILES string of the molecule is CC(C)(C)OC(=O)N1CCC(NC(C)(C)C(N)=O)C1. The zero-order valence-electron chi connectivity index (χ0n) is 12.4. The molecule has 6 nitrogen and oxygen atoms in total. The summed E-state index contributed by atoms with van der Waals surface area (Å²) in [4.78, 5) is 24.8. The maximum absolute atomic E-state index is 11.9. The van der Waals surface area contributed by atoms with Gasteiger partial charge in [-0.1, -0.05) is 0 Å². The van der Waals surface area contributed by atoms with Crippen molar-refractivity contribution in [3.8, 4) is 0 Å². The fraction of sp³-hybridized carbons (Fsp3) is 0.846. The number of ether oxygens (including phenoxy) is 1. The average molecular weight is 271 g/mol. The Bertz CT molecular complexity index is 361. The summed E-state index contributed by atoms with van der Waals surface area (Å²) in [7, 11) is 0. The second kappa shape index (κ2) is 5.36. The third kappa shape index (κ3) is 4.70. The number of rotatable bonds is 3. The van der Waals surface area contributed by atoms with Crippen LogP contribution in [0.5, 0.6) is 0 Å². The number of nitrogens with zero attached hydrogens (tertiary/aromatic N) is 1. The molecule has 0 spiro atoms. The van der Waals surface area contributed by atoms with Gasteiger partial charge in [0.2, 0.25) is 5.91 Å². The van der Waals surface area contributed by atoms with Crippen molar-refractivity contribution in [2.75, 3.05) is 13.1 Å². The van der Waals surface area contributed by atoms with E-state index in [4.69, 9.17) is 10.5 Å². The summed E-state index contributed by atoms with van der Waals surface area (Å²) in [5, 5.41) is 3.18. The summed E-state index contributed by atoms with van der Waals surface area (Å²) in [6.45, 7) is 10.2. The molecule has 19 heavy (non-hydrogen) atoms. The molecule has 1 rings (SSSR count). The number of carbonyl (C=O) groups excluding carboxylic acids is 2. The van der Waals surface area contributed by atoms with Gasteiger partial charge < -0.3 is 15.4 Å². The van der Waals surface area contributed by atoms with E-state index in [-0.39, 0.29) is 12.1 Å². The second-order valence-corrected chi connectivity index (χ2v) is 6.55. The van der Waals surface area contributed by atoms with Crippen molar-refractivity contribution in [1.29, 1.82) is 0 Å². The fourth-order valence-corrected chi connectivity index (χ4v) is 1.95. The van der Waals surface area contributed by atoms with E-state index in [1.165, 1.54) is 0 Å². The Morgan fingerprint density at radius 1 is 1.26 bits per heavy atom. The van der Waals surface area contributed by atoms with Crippen molar-refractivity contribution in [3.05, 3.63) is 0 Å². The predicted molar refractivity (Wildman–Crippen MR) is 72.6 cm³/mol. The molecule has 1 heterocycles. The lowest BCUT2D eigenvalue weighted by molar-refractivity contribution is -0.123. The molecule has 1 unspecified atom stereocenters. The molecule has 110 valence electrons. The topological polar surface area (TPSA) is 84.7 Å². The van der Waals surface area contributed by atoms with Crippen LogP contribution in [0, 0.1) is 0 Å². The molecular formula is C13H25N3O3. The van der Waals surface area contributed by atoms with Gasteiger partial charge in [-0.25, -0.2) is 4.79 Å². The highest BCUT2D eigenvalue weighted by atomic mass is 16.6. The molecule has 6 heteroatoms. The van der Waals surface area contributed by atoms with Crippen molar-refractivity contribution in [3.63, 3.8) is 0 Å². The van der Waals surface area contributed by atoms with Crippen LogP contribution in [0.3, 0.4) is 0 Å². The standard InChI is InChI=1S/C13H25N3O3/c1-12(2,3)19-11(18)16-7-6-9(8-16)15-13(4,5)10(14)17/h9,15H,6-8H2,1-5H3,(H2,14,17). The van der Waals surface area contributed by atoms with Crippen LogP contribution in [0.15, 0.2) is 0 Å². The molecule has 1 saturated heterocycles. The predicted octanol–water partition coefficient (Wildman–Crippen LogP) is 0.849. The van der Waals surface area contributed by atoms with E-state index in [2.05, 4.69) is 5.32 Å². The molecule has 2 amide bonds. The van der Waals surface area contributed by atoms with Crippen LogP contribution >= 0.6 is 0 Å². The smallest absolute Gasteiger partial charge is 0.410 e. The fourth-order valence-electron chi connectivity index (χ4n) is 1.95. The summed E-state index contributed by atoms with van der Waals surface area (Å²) in [6, 6.07) is 0.0648. The van der Waals surface area contributed by atoms with E-state index in [0.717, 1.165) is 6.42 Å². The summed E-state index contributed by atoms with van der Waals surface area (Å²) < 4.78 is 5.32. The average Bonchev–Trinajstić information content (AvgIpc) is 2.62. The number of nitrogens with two attached hydrogens (primary N) is 1. The van der Waals surface area contributed by atoms with E-state index in [9.17, 15) is 9.59 Å². The van der Waals surface area contributed by atoms with Gasteiger partial charge in [0.05, 0.1) is 5.54 Å². The molecule has 1 fully saturated rings. The lowest BCUT2D eigenvalue weighted by Crippen LogP contribution is -2.55. The van der Waals surface area contributed by atoms with Gasteiger partial charge in [-0.2, -0.15) is 0 Å². The minimum absolute atomic E-state index is 0.0648. The highest BCUT2D eigenvalue weighted by molar-refractivity contribution is 5.83. The third-order valence-electron chi connectivity index (χ3n) is 3.02. The molecule has 1 aliphatic rings. The number of amides is 2. The van der Waals surface area contributed by atoms with Gasteiger partial charge in [0.15, 0.2) is 0 Å². The minimum atomic E-state index is -0.769. The van der Waals surface area contributed by atoms with Crippen LogP contribution in [0.25, 0.3) is 0 Å². The van der Waals surface area contributed by atoms with Gasteiger partial charge in [0.1, 0.15) is 5.60 Å². The van der Waals surface area contributed by atoms with Crippen LogP contribution in [-0.4, -0.2) is 47.2 Å². The van der Waals surface area contributed by atoms with Gasteiger partial charge in [0.25, 0.3) is 0 Å². The Morgan fingerprint density at radius 3 is 2.32 bits per heavy atom. The first kappa shape index (κ1) is 15.8. The molecule has 0 radical (unpaired) electrons. The Labute approximate surface area is 114 Å². The number of hydrogen-bond acceptors (Lipinski definition) is 4. The zero-order chi connectivity index (χ0) is 14.8. The van der Waals surface area contributed by atoms with Crippen molar-refractivity contribution >= 4 is 12.0 Å². The molecule has 0 saturated carbocycles. The van der Waals surface area contributed by atoms with Crippen molar-refractivity contribution in [2.24, 2.45) is 5.73 Å². The van der Waals surface area contributed by atoms with E-state index < -0.39 is 17.0 Å². The van der Waals surface area contributed by atoms with Gasteiger partial charge in [0, 0.05) is 19.1 Å². The molecule has 1 aliphatic heterocycles.